The first-order valence-electron chi connectivity index (χ1n) is 5.19. The Bertz CT molecular complexity index is 492. The molecular formula is C11H14N2O5. The summed E-state index contributed by atoms with van der Waals surface area (Å²) < 4.78 is 1.46. The number of aliphatic hydroxyl groups excluding tert-OH is 1. The molecule has 1 aromatic rings. The lowest BCUT2D eigenvalue weighted by molar-refractivity contribution is -0.146. The van der Waals surface area contributed by atoms with Crippen LogP contribution in [0.3, 0.4) is 0 Å². The van der Waals surface area contributed by atoms with E-state index in [9.17, 15) is 14.4 Å². The number of hydrogen-bond donors (Lipinski definition) is 3. The van der Waals surface area contributed by atoms with Crippen LogP contribution >= 0.6 is 0 Å². The minimum absolute atomic E-state index is 0.171. The minimum Gasteiger partial charge on any atom is -0.479 e. The zero-order valence-corrected chi connectivity index (χ0v) is 10.0. The summed E-state index contributed by atoms with van der Waals surface area (Å²) in [5, 5.41) is 19.7. The van der Waals surface area contributed by atoms with Gasteiger partial charge in [-0.25, -0.2) is 4.79 Å². The van der Waals surface area contributed by atoms with Gasteiger partial charge < -0.3 is 20.1 Å². The molecule has 0 aliphatic heterocycles. The van der Waals surface area contributed by atoms with Crippen LogP contribution in [0.4, 0.5) is 0 Å². The quantitative estimate of drug-likeness (QED) is 0.608. The summed E-state index contributed by atoms with van der Waals surface area (Å²) in [5.74, 6) is -2.13. The number of nitrogens with zero attached hydrogens (tertiary/aromatic N) is 1. The van der Waals surface area contributed by atoms with Gasteiger partial charge in [0.1, 0.15) is 5.69 Å². The highest BCUT2D eigenvalue weighted by Gasteiger charge is 2.17. The van der Waals surface area contributed by atoms with E-state index in [1.807, 2.05) is 0 Å². The number of Topliss-reactive ketones (excluding diaryl/α,β-unsaturated/α-hetero) is 1. The Kier molecular flexibility index (Phi) is 4.22. The van der Waals surface area contributed by atoms with Crippen molar-refractivity contribution in [1.82, 2.24) is 9.88 Å². The van der Waals surface area contributed by atoms with Crippen LogP contribution in [0.5, 0.6) is 0 Å². The molecule has 1 rings (SSSR count). The average Bonchev–Trinajstić information content (AvgIpc) is 2.67. The Morgan fingerprint density at radius 2 is 2.06 bits per heavy atom. The number of rotatable bonds is 5. The van der Waals surface area contributed by atoms with Gasteiger partial charge in [0.25, 0.3) is 5.91 Å². The number of amides is 1. The van der Waals surface area contributed by atoms with Crippen LogP contribution in [-0.2, 0) is 11.8 Å². The van der Waals surface area contributed by atoms with Gasteiger partial charge in [-0.2, -0.15) is 0 Å². The Hall–Kier alpha value is -2.15. The molecule has 1 atom stereocenters. The van der Waals surface area contributed by atoms with Gasteiger partial charge in [-0.3, -0.25) is 9.59 Å². The van der Waals surface area contributed by atoms with Gasteiger partial charge in [-0.05, 0) is 13.0 Å². The molecule has 1 amide bonds. The fraction of sp³-hybridized carbons (Fsp3) is 0.364. The van der Waals surface area contributed by atoms with E-state index in [0.29, 0.717) is 5.56 Å². The zero-order valence-electron chi connectivity index (χ0n) is 10.0. The summed E-state index contributed by atoms with van der Waals surface area (Å²) >= 11 is 0. The number of nitrogens with one attached hydrogen (secondary N) is 1. The van der Waals surface area contributed by atoms with Crippen LogP contribution in [0.15, 0.2) is 12.3 Å². The van der Waals surface area contributed by atoms with Crippen LogP contribution in [0.25, 0.3) is 0 Å². The second kappa shape index (κ2) is 5.46. The topological polar surface area (TPSA) is 109 Å². The largest absolute Gasteiger partial charge is 0.479 e. The van der Waals surface area contributed by atoms with Gasteiger partial charge in [0.2, 0.25) is 0 Å². The number of ketones is 1. The van der Waals surface area contributed by atoms with Crippen molar-refractivity contribution in [3.8, 4) is 0 Å². The molecule has 0 spiro atoms. The predicted octanol–water partition coefficient (Wildman–Crippen LogP) is -0.597. The van der Waals surface area contributed by atoms with E-state index in [-0.39, 0.29) is 11.5 Å². The number of carbonyl (C=O) groups is 3. The summed E-state index contributed by atoms with van der Waals surface area (Å²) in [5.41, 5.74) is 0.610. The van der Waals surface area contributed by atoms with Crippen molar-refractivity contribution in [2.75, 3.05) is 6.54 Å². The van der Waals surface area contributed by atoms with E-state index in [0.717, 1.165) is 0 Å². The van der Waals surface area contributed by atoms with Crippen LogP contribution in [0.1, 0.15) is 27.8 Å². The highest BCUT2D eigenvalue weighted by Crippen LogP contribution is 2.07. The monoisotopic (exact) mass is 254 g/mol. The number of aryl methyl sites for hydroxylation is 1. The number of aromatic nitrogens is 1. The first kappa shape index (κ1) is 13.9. The Labute approximate surface area is 103 Å². The number of carbonyl (C=O) groups excluding carboxylic acids is 2. The average molecular weight is 254 g/mol. The molecule has 0 saturated carbocycles. The molecule has 3 N–H and O–H groups in total. The maximum atomic E-state index is 11.7. The lowest BCUT2D eigenvalue weighted by Gasteiger charge is -2.08. The maximum Gasteiger partial charge on any atom is 0.334 e. The highest BCUT2D eigenvalue weighted by atomic mass is 16.4. The van der Waals surface area contributed by atoms with Crippen molar-refractivity contribution in [2.45, 2.75) is 13.0 Å². The summed E-state index contributed by atoms with van der Waals surface area (Å²) in [6.07, 6.45) is -0.147. The van der Waals surface area contributed by atoms with Crippen molar-refractivity contribution in [1.29, 1.82) is 0 Å². The molecule has 7 nitrogen and oxygen atoms in total. The SMILES string of the molecule is CC(=O)c1cc(C(=O)NCC(O)C(=O)O)n(C)c1. The maximum absolute atomic E-state index is 11.7. The van der Waals surface area contributed by atoms with E-state index in [4.69, 9.17) is 10.2 Å². The van der Waals surface area contributed by atoms with Gasteiger partial charge in [0.05, 0.1) is 6.54 Å². The molecule has 0 saturated heterocycles. The van der Waals surface area contributed by atoms with Gasteiger partial charge >= 0.3 is 5.97 Å². The smallest absolute Gasteiger partial charge is 0.334 e. The summed E-state index contributed by atoms with van der Waals surface area (Å²) in [7, 11) is 1.59. The van der Waals surface area contributed by atoms with Gasteiger partial charge in [0.15, 0.2) is 11.9 Å². The first-order valence-corrected chi connectivity index (χ1v) is 5.19. The molecule has 0 aliphatic carbocycles. The molecule has 1 heterocycles. The van der Waals surface area contributed by atoms with Crippen molar-refractivity contribution in [3.05, 3.63) is 23.5 Å². The number of carboxylic acids is 1. The van der Waals surface area contributed by atoms with Crippen LogP contribution in [-0.4, -0.2) is 45.1 Å². The number of hydrogen-bond acceptors (Lipinski definition) is 4. The summed E-state index contributed by atoms with van der Waals surface area (Å²) in [6, 6.07) is 1.41. The van der Waals surface area contributed by atoms with Crippen molar-refractivity contribution in [3.63, 3.8) is 0 Å². The Balaban J connectivity index is 2.73. The van der Waals surface area contributed by atoms with Gasteiger partial charge in [-0.1, -0.05) is 0 Å². The first-order chi connectivity index (χ1) is 8.32. The van der Waals surface area contributed by atoms with Crippen LogP contribution < -0.4 is 5.32 Å². The molecule has 7 heteroatoms. The minimum atomic E-state index is -1.65. The molecular weight excluding hydrogens is 240 g/mol. The van der Waals surface area contributed by atoms with Crippen LogP contribution in [0, 0.1) is 0 Å². The second-order valence-electron chi connectivity index (χ2n) is 3.85. The highest BCUT2D eigenvalue weighted by molar-refractivity contribution is 5.99. The Morgan fingerprint density at radius 1 is 1.44 bits per heavy atom. The lowest BCUT2D eigenvalue weighted by Crippen LogP contribution is -2.37. The van der Waals surface area contributed by atoms with E-state index in [2.05, 4.69) is 5.32 Å². The van der Waals surface area contributed by atoms with Gasteiger partial charge in [0, 0.05) is 18.8 Å². The zero-order chi connectivity index (χ0) is 13.9. The molecule has 0 aromatic carbocycles. The van der Waals surface area contributed by atoms with Crippen molar-refractivity contribution in [2.24, 2.45) is 7.05 Å². The predicted molar refractivity (Wildman–Crippen MR) is 61.4 cm³/mol. The standard InChI is InChI=1S/C11H14N2O5/c1-6(14)7-3-8(13(2)5-7)10(16)12-4-9(15)11(17)18/h3,5,9,15H,4H2,1-2H3,(H,12,16)(H,17,18). The third kappa shape index (κ3) is 3.17. The van der Waals surface area contributed by atoms with Crippen LogP contribution in [0.2, 0.25) is 0 Å². The lowest BCUT2D eigenvalue weighted by atomic mass is 10.2. The number of carboxylic acid groups (broad SMARTS) is 1. The fourth-order valence-electron chi connectivity index (χ4n) is 1.35. The Morgan fingerprint density at radius 3 is 2.50 bits per heavy atom. The van der Waals surface area contributed by atoms with Crippen molar-refractivity contribution < 1.29 is 24.6 Å². The van der Waals surface area contributed by atoms with Gasteiger partial charge in [-0.15, -0.1) is 0 Å². The fourth-order valence-corrected chi connectivity index (χ4v) is 1.35. The van der Waals surface area contributed by atoms with E-state index < -0.39 is 24.5 Å². The summed E-state index contributed by atoms with van der Waals surface area (Å²) in [4.78, 5) is 33.2. The normalized spacial score (nSPS) is 11.9. The molecule has 18 heavy (non-hydrogen) atoms. The van der Waals surface area contributed by atoms with E-state index in [1.165, 1.54) is 23.8 Å². The third-order valence-electron chi connectivity index (χ3n) is 2.39. The molecule has 0 fully saturated rings. The van der Waals surface area contributed by atoms with E-state index in [1.54, 1.807) is 7.05 Å². The van der Waals surface area contributed by atoms with E-state index >= 15 is 0 Å². The number of aliphatic carboxylic acids is 1. The molecule has 98 valence electrons. The molecule has 0 bridgehead atoms. The molecule has 1 unspecified atom stereocenters. The number of aliphatic hydroxyl groups is 1. The second-order valence-corrected chi connectivity index (χ2v) is 3.85. The summed E-state index contributed by atoms with van der Waals surface area (Å²) in [6.45, 7) is 0.986. The molecule has 1 aromatic heterocycles. The van der Waals surface area contributed by atoms with Crippen molar-refractivity contribution >= 4 is 17.7 Å². The molecule has 0 radical (unpaired) electrons. The molecule has 0 aliphatic rings. The third-order valence-corrected chi connectivity index (χ3v) is 2.39.